The third-order valence-electron chi connectivity index (χ3n) is 4.83. The molecule has 2 rings (SSSR count). The molecule has 1 aliphatic rings. The molecule has 7 heteroatoms. The van der Waals surface area contributed by atoms with Crippen LogP contribution in [0.15, 0.2) is 18.2 Å². The van der Waals surface area contributed by atoms with Crippen LogP contribution >= 0.6 is 0 Å². The maximum atomic E-state index is 13.4. The molecule has 0 aromatic heterocycles. The van der Waals surface area contributed by atoms with Gasteiger partial charge in [0.1, 0.15) is 5.82 Å². The number of sulfonamides is 1. The number of anilines is 1. The van der Waals surface area contributed by atoms with Gasteiger partial charge in [-0.15, -0.1) is 0 Å². The van der Waals surface area contributed by atoms with E-state index in [1.165, 1.54) is 16.4 Å². The molecule has 0 radical (unpaired) electrons. The smallest absolute Gasteiger partial charge is 0.231 e. The molecule has 0 spiro atoms. The van der Waals surface area contributed by atoms with Crippen molar-refractivity contribution in [3.05, 3.63) is 29.6 Å². The predicted octanol–water partition coefficient (Wildman–Crippen LogP) is 3.16. The van der Waals surface area contributed by atoms with Crippen molar-refractivity contribution in [2.75, 3.05) is 24.2 Å². The van der Waals surface area contributed by atoms with Gasteiger partial charge in [0.2, 0.25) is 15.9 Å². The van der Waals surface area contributed by atoms with E-state index in [0.717, 1.165) is 0 Å². The second-order valence-electron chi connectivity index (χ2n) is 7.31. The summed E-state index contributed by atoms with van der Waals surface area (Å²) in [5, 5.41) is 2.83. The van der Waals surface area contributed by atoms with Crippen LogP contribution in [0.3, 0.4) is 0 Å². The van der Waals surface area contributed by atoms with E-state index in [1.54, 1.807) is 13.0 Å². The van der Waals surface area contributed by atoms with Gasteiger partial charge in [-0.1, -0.05) is 20.8 Å². The topological polar surface area (TPSA) is 66.5 Å². The minimum absolute atomic E-state index is 0.0395. The van der Waals surface area contributed by atoms with Gasteiger partial charge in [0.15, 0.2) is 0 Å². The molecule has 0 aliphatic carbocycles. The summed E-state index contributed by atoms with van der Waals surface area (Å²) in [6, 6.07) is 4.42. The molecular formula is C18H27FN2O3S. The van der Waals surface area contributed by atoms with E-state index in [4.69, 9.17) is 0 Å². The molecule has 0 saturated carbocycles. The van der Waals surface area contributed by atoms with E-state index in [2.05, 4.69) is 5.32 Å². The monoisotopic (exact) mass is 370 g/mol. The number of hydrogen-bond acceptors (Lipinski definition) is 3. The van der Waals surface area contributed by atoms with Gasteiger partial charge in [-0.3, -0.25) is 4.79 Å². The number of nitrogens with zero attached hydrogens (tertiary/aromatic N) is 1. The van der Waals surface area contributed by atoms with E-state index in [-0.39, 0.29) is 29.9 Å². The van der Waals surface area contributed by atoms with Crippen molar-refractivity contribution in [3.63, 3.8) is 0 Å². The molecule has 25 heavy (non-hydrogen) atoms. The van der Waals surface area contributed by atoms with Crippen LogP contribution in [0.5, 0.6) is 0 Å². The lowest BCUT2D eigenvalue weighted by Gasteiger charge is -2.27. The van der Waals surface area contributed by atoms with Crippen LogP contribution in [0, 0.1) is 24.1 Å². The zero-order valence-corrected chi connectivity index (χ0v) is 16.1. The van der Waals surface area contributed by atoms with Crippen molar-refractivity contribution in [2.24, 2.45) is 11.3 Å². The zero-order valence-electron chi connectivity index (χ0n) is 15.3. The van der Waals surface area contributed by atoms with Crippen molar-refractivity contribution in [1.82, 2.24) is 4.31 Å². The van der Waals surface area contributed by atoms with Crippen LogP contribution in [-0.4, -0.2) is 37.5 Å². The lowest BCUT2D eigenvalue weighted by atomic mass is 9.83. The van der Waals surface area contributed by atoms with Gasteiger partial charge >= 0.3 is 0 Å². The average Bonchev–Trinajstić information content (AvgIpc) is 2.96. The Bertz CT molecular complexity index is 749. The number of rotatable bonds is 6. The number of carbonyl (C=O) groups excluding carboxylic acids is 1. The lowest BCUT2D eigenvalue weighted by molar-refractivity contribution is -0.125. The summed E-state index contributed by atoms with van der Waals surface area (Å²) in [6.45, 7) is 7.82. The summed E-state index contributed by atoms with van der Waals surface area (Å²) in [7, 11) is -3.36. The van der Waals surface area contributed by atoms with Gasteiger partial charge in [-0.2, -0.15) is 0 Å². The van der Waals surface area contributed by atoms with Crippen LogP contribution in [0.1, 0.15) is 39.2 Å². The molecule has 140 valence electrons. The maximum absolute atomic E-state index is 13.4. The summed E-state index contributed by atoms with van der Waals surface area (Å²) >= 11 is 0. The summed E-state index contributed by atoms with van der Waals surface area (Å²) in [4.78, 5) is 12.8. The van der Waals surface area contributed by atoms with Crippen molar-refractivity contribution in [1.29, 1.82) is 0 Å². The third-order valence-corrected chi connectivity index (χ3v) is 7.02. The molecule has 1 N–H and O–H groups in total. The Kier molecular flexibility index (Phi) is 5.89. The Morgan fingerprint density at radius 1 is 1.40 bits per heavy atom. The van der Waals surface area contributed by atoms with Gasteiger partial charge in [-0.05, 0) is 49.4 Å². The maximum Gasteiger partial charge on any atom is 0.231 e. The minimum atomic E-state index is -3.36. The molecule has 1 aromatic carbocycles. The Morgan fingerprint density at radius 2 is 2.08 bits per heavy atom. The molecule has 5 nitrogen and oxygen atoms in total. The SMILES string of the molecule is CCC1(C(=O)Nc2ccc(F)c(C)c2)CCN(S(=O)(=O)CC(C)C)C1. The third kappa shape index (κ3) is 4.39. The molecule has 0 bridgehead atoms. The fraction of sp³-hybridized carbons (Fsp3) is 0.611. The Hall–Kier alpha value is -1.47. The zero-order chi connectivity index (χ0) is 18.8. The standard InChI is InChI=1S/C18H27FN2O3S/c1-5-18(8-9-21(12-18)25(23,24)11-13(2)3)17(22)20-15-6-7-16(19)14(4)10-15/h6-7,10,13H,5,8-9,11-12H2,1-4H3,(H,20,22). The van der Waals surface area contributed by atoms with Crippen LogP contribution < -0.4 is 5.32 Å². The molecule has 1 amide bonds. The van der Waals surface area contributed by atoms with E-state index in [0.29, 0.717) is 30.6 Å². The first-order valence-corrected chi connectivity index (χ1v) is 10.3. The van der Waals surface area contributed by atoms with E-state index in [1.807, 2.05) is 20.8 Å². The number of benzene rings is 1. The molecule has 1 heterocycles. The lowest BCUT2D eigenvalue weighted by Crippen LogP contribution is -2.40. The van der Waals surface area contributed by atoms with E-state index < -0.39 is 15.4 Å². The normalized spacial score (nSPS) is 21.7. The van der Waals surface area contributed by atoms with Gasteiger partial charge in [0.05, 0.1) is 11.2 Å². The minimum Gasteiger partial charge on any atom is -0.326 e. The summed E-state index contributed by atoms with van der Waals surface area (Å²) in [5.74, 6) is -0.401. The van der Waals surface area contributed by atoms with Crippen LogP contribution in [-0.2, 0) is 14.8 Å². The quantitative estimate of drug-likeness (QED) is 0.836. The fourth-order valence-electron chi connectivity index (χ4n) is 3.22. The van der Waals surface area contributed by atoms with Crippen molar-refractivity contribution in [3.8, 4) is 0 Å². The number of hydrogen-bond donors (Lipinski definition) is 1. The van der Waals surface area contributed by atoms with Crippen LogP contribution in [0.2, 0.25) is 0 Å². The molecule has 1 atom stereocenters. The summed E-state index contributed by atoms with van der Waals surface area (Å²) in [5.41, 5.74) is 0.239. The number of carbonyl (C=O) groups is 1. The van der Waals surface area contributed by atoms with Gasteiger partial charge in [0.25, 0.3) is 0 Å². The molecule has 1 saturated heterocycles. The fourth-order valence-corrected chi connectivity index (χ4v) is 5.09. The van der Waals surface area contributed by atoms with Gasteiger partial charge < -0.3 is 5.32 Å². The second-order valence-corrected chi connectivity index (χ2v) is 9.32. The first kappa shape index (κ1) is 19.8. The molecule has 1 fully saturated rings. The molecule has 1 unspecified atom stereocenters. The highest BCUT2D eigenvalue weighted by Crippen LogP contribution is 2.37. The Morgan fingerprint density at radius 3 is 2.64 bits per heavy atom. The Balaban J connectivity index is 2.15. The second kappa shape index (κ2) is 7.41. The molecule has 1 aromatic rings. The first-order chi connectivity index (χ1) is 11.6. The first-order valence-electron chi connectivity index (χ1n) is 8.65. The van der Waals surface area contributed by atoms with Crippen molar-refractivity contribution < 1.29 is 17.6 Å². The number of nitrogens with one attached hydrogen (secondary N) is 1. The number of aryl methyl sites for hydroxylation is 1. The highest BCUT2D eigenvalue weighted by Gasteiger charge is 2.46. The summed E-state index contributed by atoms with van der Waals surface area (Å²) in [6.07, 6.45) is 1.04. The predicted molar refractivity (Wildman–Crippen MR) is 97.3 cm³/mol. The Labute approximate surface area is 149 Å². The van der Waals surface area contributed by atoms with Crippen LogP contribution in [0.4, 0.5) is 10.1 Å². The van der Waals surface area contributed by atoms with Gasteiger partial charge in [-0.25, -0.2) is 17.1 Å². The molecule has 1 aliphatic heterocycles. The summed E-state index contributed by atoms with van der Waals surface area (Å²) < 4.78 is 39.7. The highest BCUT2D eigenvalue weighted by molar-refractivity contribution is 7.89. The largest absolute Gasteiger partial charge is 0.326 e. The number of amides is 1. The number of halogens is 1. The van der Waals surface area contributed by atoms with Crippen LogP contribution in [0.25, 0.3) is 0 Å². The average molecular weight is 370 g/mol. The van der Waals surface area contributed by atoms with E-state index >= 15 is 0 Å². The van der Waals surface area contributed by atoms with E-state index in [9.17, 15) is 17.6 Å². The van der Waals surface area contributed by atoms with Crippen molar-refractivity contribution in [2.45, 2.75) is 40.5 Å². The highest BCUT2D eigenvalue weighted by atomic mass is 32.2. The van der Waals surface area contributed by atoms with Gasteiger partial charge in [0, 0.05) is 18.8 Å². The van der Waals surface area contributed by atoms with Crippen molar-refractivity contribution >= 4 is 21.6 Å². The molecular weight excluding hydrogens is 343 g/mol.